The molecule has 1 N–H and O–H groups in total. The summed E-state index contributed by atoms with van der Waals surface area (Å²) in [6.07, 6.45) is 0. The molecule has 0 bridgehead atoms. The number of carbonyl (C=O) groups is 2. The van der Waals surface area contributed by atoms with Gasteiger partial charge in [0.1, 0.15) is 0 Å². The molecule has 0 saturated carbocycles. The lowest BCUT2D eigenvalue weighted by Gasteiger charge is -2.07. The number of rotatable bonds is 5. The first-order chi connectivity index (χ1) is 10.5. The molecule has 0 aliphatic rings. The van der Waals surface area contributed by atoms with Gasteiger partial charge >= 0.3 is 5.97 Å². The molecule has 2 aromatic rings. The Morgan fingerprint density at radius 3 is 2.05 bits per heavy atom. The van der Waals surface area contributed by atoms with Gasteiger partial charge in [-0.1, -0.05) is 44.0 Å². The van der Waals surface area contributed by atoms with Crippen molar-refractivity contribution in [1.29, 1.82) is 0 Å². The Balaban J connectivity index is 1.76. The molecule has 0 heterocycles. The Hall–Kier alpha value is -1.66. The van der Waals surface area contributed by atoms with Crippen LogP contribution in [-0.4, -0.2) is 18.5 Å². The van der Waals surface area contributed by atoms with Crippen molar-refractivity contribution >= 4 is 43.7 Å². The van der Waals surface area contributed by atoms with Crippen LogP contribution in [0, 0.1) is 0 Å². The maximum absolute atomic E-state index is 11.7. The maximum atomic E-state index is 11.7. The fourth-order valence-electron chi connectivity index (χ4n) is 1.65. The number of esters is 1. The summed E-state index contributed by atoms with van der Waals surface area (Å²) in [6, 6.07) is 14.3. The topological polar surface area (TPSA) is 55.4 Å². The third kappa shape index (κ3) is 5.27. The van der Waals surface area contributed by atoms with Crippen LogP contribution in [0.4, 0.5) is 0 Å². The van der Waals surface area contributed by atoms with Gasteiger partial charge in [0.15, 0.2) is 6.61 Å². The number of hydrogen-bond donors (Lipinski definition) is 1. The fraction of sp³-hybridized carbons (Fsp3) is 0.125. The van der Waals surface area contributed by atoms with Crippen molar-refractivity contribution in [1.82, 2.24) is 5.32 Å². The van der Waals surface area contributed by atoms with Crippen LogP contribution in [-0.2, 0) is 16.1 Å². The van der Waals surface area contributed by atoms with Crippen LogP contribution < -0.4 is 5.32 Å². The summed E-state index contributed by atoms with van der Waals surface area (Å²) in [5.41, 5.74) is 1.37. The molecule has 0 radical (unpaired) electrons. The molecule has 22 heavy (non-hydrogen) atoms. The van der Waals surface area contributed by atoms with E-state index in [9.17, 15) is 9.59 Å². The first-order valence-corrected chi connectivity index (χ1v) is 8.07. The van der Waals surface area contributed by atoms with E-state index in [-0.39, 0.29) is 12.5 Å². The Morgan fingerprint density at radius 2 is 1.45 bits per heavy atom. The molecule has 0 unspecified atom stereocenters. The van der Waals surface area contributed by atoms with Crippen LogP contribution in [0.25, 0.3) is 0 Å². The SMILES string of the molecule is O=C(COC(=O)c1ccc(Br)cc1)NCc1ccc(Br)cc1. The summed E-state index contributed by atoms with van der Waals surface area (Å²) >= 11 is 6.63. The van der Waals surface area contributed by atoms with Crippen LogP contribution in [0.1, 0.15) is 15.9 Å². The van der Waals surface area contributed by atoms with E-state index in [0.717, 1.165) is 14.5 Å². The Kier molecular flexibility index (Phi) is 6.15. The molecule has 2 aromatic carbocycles. The standard InChI is InChI=1S/C16H13Br2NO3/c17-13-5-1-11(2-6-13)9-19-15(20)10-22-16(21)12-3-7-14(18)8-4-12/h1-8H,9-10H2,(H,19,20). The molecule has 0 spiro atoms. The molecule has 0 aliphatic heterocycles. The van der Waals surface area contributed by atoms with Crippen LogP contribution in [0.5, 0.6) is 0 Å². The van der Waals surface area contributed by atoms with E-state index in [1.54, 1.807) is 24.3 Å². The molecule has 114 valence electrons. The summed E-state index contributed by atoms with van der Waals surface area (Å²) in [4.78, 5) is 23.4. The highest BCUT2D eigenvalue weighted by molar-refractivity contribution is 9.10. The predicted octanol–water partition coefficient (Wildman–Crippen LogP) is 3.68. The van der Waals surface area contributed by atoms with E-state index in [4.69, 9.17) is 4.74 Å². The first kappa shape index (κ1) is 16.7. The largest absolute Gasteiger partial charge is 0.452 e. The van der Waals surface area contributed by atoms with Crippen LogP contribution in [0.3, 0.4) is 0 Å². The monoisotopic (exact) mass is 425 g/mol. The predicted molar refractivity (Wildman–Crippen MR) is 90.4 cm³/mol. The quantitative estimate of drug-likeness (QED) is 0.742. The maximum Gasteiger partial charge on any atom is 0.338 e. The third-order valence-electron chi connectivity index (χ3n) is 2.82. The van der Waals surface area contributed by atoms with Gasteiger partial charge in [0.05, 0.1) is 5.56 Å². The molecule has 0 aliphatic carbocycles. The summed E-state index contributed by atoms with van der Waals surface area (Å²) in [5.74, 6) is -0.861. The van der Waals surface area contributed by atoms with Crippen molar-refractivity contribution in [2.45, 2.75) is 6.54 Å². The normalized spacial score (nSPS) is 10.1. The molecule has 6 heteroatoms. The number of amides is 1. The molecule has 0 fully saturated rings. The lowest BCUT2D eigenvalue weighted by molar-refractivity contribution is -0.124. The second kappa shape index (κ2) is 8.10. The molecule has 2 rings (SSSR count). The minimum atomic E-state index is -0.522. The van der Waals surface area contributed by atoms with E-state index >= 15 is 0 Å². The smallest absolute Gasteiger partial charge is 0.338 e. The van der Waals surface area contributed by atoms with Crippen LogP contribution >= 0.6 is 31.9 Å². The highest BCUT2D eigenvalue weighted by Gasteiger charge is 2.09. The minimum Gasteiger partial charge on any atom is -0.452 e. The highest BCUT2D eigenvalue weighted by atomic mass is 79.9. The molecule has 0 saturated heterocycles. The second-order valence-corrected chi connectivity index (χ2v) is 6.32. The van der Waals surface area contributed by atoms with Crippen molar-refractivity contribution < 1.29 is 14.3 Å². The van der Waals surface area contributed by atoms with Gasteiger partial charge in [-0.25, -0.2) is 4.79 Å². The average Bonchev–Trinajstić information content (AvgIpc) is 2.52. The number of benzene rings is 2. The zero-order valence-corrected chi connectivity index (χ0v) is 14.7. The van der Waals surface area contributed by atoms with Gasteiger partial charge in [0, 0.05) is 15.5 Å². The van der Waals surface area contributed by atoms with Crippen LogP contribution in [0.15, 0.2) is 57.5 Å². The molecule has 1 amide bonds. The highest BCUT2D eigenvalue weighted by Crippen LogP contribution is 2.11. The molecular weight excluding hydrogens is 414 g/mol. The zero-order valence-electron chi connectivity index (χ0n) is 11.5. The fourth-order valence-corrected chi connectivity index (χ4v) is 2.18. The van der Waals surface area contributed by atoms with Gasteiger partial charge in [0.25, 0.3) is 5.91 Å². The van der Waals surface area contributed by atoms with Gasteiger partial charge in [0.2, 0.25) is 0 Å². The molecule has 0 atom stereocenters. The number of nitrogens with one attached hydrogen (secondary N) is 1. The van der Waals surface area contributed by atoms with Crippen molar-refractivity contribution in [3.8, 4) is 0 Å². The van der Waals surface area contributed by atoms with Gasteiger partial charge in [-0.05, 0) is 42.0 Å². The van der Waals surface area contributed by atoms with E-state index < -0.39 is 5.97 Å². The number of hydrogen-bond acceptors (Lipinski definition) is 3. The lowest BCUT2D eigenvalue weighted by atomic mass is 10.2. The first-order valence-electron chi connectivity index (χ1n) is 6.48. The van der Waals surface area contributed by atoms with Gasteiger partial charge in [-0.3, -0.25) is 4.79 Å². The van der Waals surface area contributed by atoms with E-state index in [0.29, 0.717) is 12.1 Å². The molecule has 4 nitrogen and oxygen atoms in total. The average molecular weight is 427 g/mol. The zero-order chi connectivity index (χ0) is 15.9. The number of halogens is 2. The van der Waals surface area contributed by atoms with Gasteiger partial charge in [-0.2, -0.15) is 0 Å². The van der Waals surface area contributed by atoms with Gasteiger partial charge < -0.3 is 10.1 Å². The molecular formula is C16H13Br2NO3. The van der Waals surface area contributed by atoms with Gasteiger partial charge in [-0.15, -0.1) is 0 Å². The number of ether oxygens (including phenoxy) is 1. The van der Waals surface area contributed by atoms with E-state index in [1.807, 2.05) is 24.3 Å². The van der Waals surface area contributed by atoms with Crippen molar-refractivity contribution in [2.75, 3.05) is 6.61 Å². The Morgan fingerprint density at radius 1 is 0.909 bits per heavy atom. The third-order valence-corrected chi connectivity index (χ3v) is 3.87. The Bertz CT molecular complexity index is 654. The van der Waals surface area contributed by atoms with Crippen molar-refractivity contribution in [2.24, 2.45) is 0 Å². The summed E-state index contributed by atoms with van der Waals surface area (Å²) in [5, 5.41) is 2.70. The summed E-state index contributed by atoms with van der Waals surface area (Å²) in [6.45, 7) is 0.0906. The molecule has 0 aromatic heterocycles. The van der Waals surface area contributed by atoms with Crippen molar-refractivity contribution in [3.05, 3.63) is 68.6 Å². The second-order valence-electron chi connectivity index (χ2n) is 4.49. The lowest BCUT2D eigenvalue weighted by Crippen LogP contribution is -2.28. The van der Waals surface area contributed by atoms with Crippen molar-refractivity contribution in [3.63, 3.8) is 0 Å². The Labute approximate surface area is 145 Å². The van der Waals surface area contributed by atoms with E-state index in [1.165, 1.54) is 0 Å². The number of carbonyl (C=O) groups excluding carboxylic acids is 2. The van der Waals surface area contributed by atoms with E-state index in [2.05, 4.69) is 37.2 Å². The minimum absolute atomic E-state index is 0.300. The van der Waals surface area contributed by atoms with Crippen LogP contribution in [0.2, 0.25) is 0 Å². The summed E-state index contributed by atoms with van der Waals surface area (Å²) < 4.78 is 6.81. The summed E-state index contributed by atoms with van der Waals surface area (Å²) in [7, 11) is 0.